The Morgan fingerprint density at radius 2 is 1.09 bits per heavy atom. The Balaban J connectivity index is 0.000000303. The molecule has 43 heavy (non-hydrogen) atoms. The lowest BCUT2D eigenvalue weighted by Crippen LogP contribution is -2.21. The van der Waals surface area contributed by atoms with Crippen molar-refractivity contribution in [3.8, 4) is 16.9 Å². The van der Waals surface area contributed by atoms with E-state index in [1.807, 2.05) is 10.9 Å². The fourth-order valence-corrected chi connectivity index (χ4v) is 3.98. The van der Waals surface area contributed by atoms with Gasteiger partial charge < -0.3 is 20.8 Å². The van der Waals surface area contributed by atoms with Gasteiger partial charge in [-0.25, -0.2) is 14.3 Å². The molecule has 5 rings (SSSR count). The number of halogens is 6. The first-order chi connectivity index (χ1) is 20.3. The van der Waals surface area contributed by atoms with E-state index in [9.17, 15) is 26.3 Å². The zero-order chi connectivity index (χ0) is 31.6. The lowest BCUT2D eigenvalue weighted by Gasteiger charge is -2.14. The van der Waals surface area contributed by atoms with Crippen molar-refractivity contribution < 1.29 is 46.1 Å². The van der Waals surface area contributed by atoms with Crippen LogP contribution in [0.15, 0.2) is 66.9 Å². The summed E-state index contributed by atoms with van der Waals surface area (Å²) in [5.74, 6) is -5.51. The van der Waals surface area contributed by atoms with Crippen LogP contribution in [-0.2, 0) is 9.59 Å². The minimum atomic E-state index is -5.08. The van der Waals surface area contributed by atoms with Gasteiger partial charge in [-0.2, -0.15) is 26.3 Å². The van der Waals surface area contributed by atoms with Crippen molar-refractivity contribution in [3.05, 3.63) is 78.0 Å². The number of alkyl halides is 6. The molecular formula is C28H27F6N5O4. The van der Waals surface area contributed by atoms with Crippen molar-refractivity contribution in [1.29, 1.82) is 0 Å². The van der Waals surface area contributed by atoms with Gasteiger partial charge in [0.15, 0.2) is 0 Å². The molecule has 0 spiro atoms. The summed E-state index contributed by atoms with van der Waals surface area (Å²) in [6.07, 6.45) is -1.46. The number of nitrogens with one attached hydrogen (secondary N) is 2. The van der Waals surface area contributed by atoms with Crippen LogP contribution in [0, 0.1) is 0 Å². The maximum absolute atomic E-state index is 10.6. The van der Waals surface area contributed by atoms with Crippen LogP contribution in [0.2, 0.25) is 0 Å². The van der Waals surface area contributed by atoms with Crippen LogP contribution >= 0.6 is 0 Å². The van der Waals surface area contributed by atoms with Crippen molar-refractivity contribution in [1.82, 2.24) is 25.6 Å². The minimum Gasteiger partial charge on any atom is -0.475 e. The lowest BCUT2D eigenvalue weighted by molar-refractivity contribution is -0.193. The molecule has 0 saturated heterocycles. The molecule has 0 saturated carbocycles. The first kappa shape index (κ1) is 33.0. The molecule has 2 aliphatic rings. The molecule has 0 aliphatic carbocycles. The van der Waals surface area contributed by atoms with Gasteiger partial charge in [0.1, 0.15) is 5.69 Å². The van der Waals surface area contributed by atoms with Crippen LogP contribution in [0.3, 0.4) is 0 Å². The van der Waals surface area contributed by atoms with E-state index in [1.165, 1.54) is 22.3 Å². The topological polar surface area (TPSA) is 129 Å². The van der Waals surface area contributed by atoms with Crippen LogP contribution in [0.1, 0.15) is 24.0 Å². The summed E-state index contributed by atoms with van der Waals surface area (Å²) < 4.78 is 65.3. The van der Waals surface area contributed by atoms with E-state index in [2.05, 4.69) is 81.6 Å². The summed E-state index contributed by atoms with van der Waals surface area (Å²) in [6, 6.07) is 17.2. The van der Waals surface area contributed by atoms with Crippen molar-refractivity contribution in [2.24, 2.45) is 0 Å². The number of aromatic nitrogens is 3. The minimum absolute atomic E-state index is 0.890. The Bertz CT molecular complexity index is 1340. The van der Waals surface area contributed by atoms with Gasteiger partial charge in [-0.1, -0.05) is 53.8 Å². The third kappa shape index (κ3) is 10.1. The average Bonchev–Trinajstić information content (AvgIpc) is 3.48. The SMILES string of the molecule is C1=C(c2ccc(-c3cn(-c4ccc(C5=CCNCC5)cc4)nn3)cc2)CCNC1.O=C(O)C(F)(F)F.O=C(O)C(F)(F)F. The number of benzene rings is 2. The molecule has 2 aromatic carbocycles. The summed E-state index contributed by atoms with van der Waals surface area (Å²) in [5, 5.41) is 29.7. The van der Waals surface area contributed by atoms with E-state index < -0.39 is 24.3 Å². The molecular weight excluding hydrogens is 584 g/mol. The summed E-state index contributed by atoms with van der Waals surface area (Å²) >= 11 is 0. The van der Waals surface area contributed by atoms with Gasteiger partial charge in [0.05, 0.1) is 11.9 Å². The fourth-order valence-electron chi connectivity index (χ4n) is 3.98. The molecule has 0 amide bonds. The molecule has 0 radical (unpaired) electrons. The summed E-state index contributed by atoms with van der Waals surface area (Å²) in [5.41, 5.74) is 8.43. The number of hydrogen-bond acceptors (Lipinski definition) is 6. The maximum atomic E-state index is 10.6. The molecule has 3 heterocycles. The maximum Gasteiger partial charge on any atom is 0.490 e. The van der Waals surface area contributed by atoms with Crippen LogP contribution in [-0.4, -0.2) is 75.7 Å². The highest BCUT2D eigenvalue weighted by Crippen LogP contribution is 2.25. The van der Waals surface area contributed by atoms with Crippen LogP contribution in [0.4, 0.5) is 26.3 Å². The van der Waals surface area contributed by atoms with E-state index in [-0.39, 0.29) is 0 Å². The molecule has 15 heteroatoms. The summed E-state index contributed by atoms with van der Waals surface area (Å²) in [7, 11) is 0. The van der Waals surface area contributed by atoms with E-state index in [4.69, 9.17) is 19.8 Å². The largest absolute Gasteiger partial charge is 0.490 e. The third-order valence-corrected chi connectivity index (χ3v) is 6.16. The Kier molecular flexibility index (Phi) is 11.2. The fraction of sp³-hybridized carbons (Fsp3) is 0.286. The van der Waals surface area contributed by atoms with Gasteiger partial charge in [0, 0.05) is 18.7 Å². The number of hydrogen-bond donors (Lipinski definition) is 4. The molecule has 9 nitrogen and oxygen atoms in total. The highest BCUT2D eigenvalue weighted by molar-refractivity contribution is 5.73. The molecule has 4 N–H and O–H groups in total. The van der Waals surface area contributed by atoms with E-state index in [0.717, 1.165) is 56.0 Å². The third-order valence-electron chi connectivity index (χ3n) is 6.16. The van der Waals surface area contributed by atoms with E-state index in [0.29, 0.717) is 0 Å². The van der Waals surface area contributed by atoms with Gasteiger partial charge in [-0.15, -0.1) is 5.10 Å². The Labute approximate surface area is 241 Å². The van der Waals surface area contributed by atoms with Crippen LogP contribution in [0.5, 0.6) is 0 Å². The standard InChI is InChI=1S/C24H25N5.2C2HF3O2/c1-3-22(4-2-18(1)20-9-13-25-14-10-20)24-17-29(28-27-24)23-7-5-19(6-8-23)21-11-15-26-16-12-21;2*3-2(4,5)1(6)7/h1-9,11,17,25-26H,10,12-16H2;2*(H,6,7). The number of rotatable bonds is 4. The van der Waals surface area contributed by atoms with E-state index >= 15 is 0 Å². The van der Waals surface area contributed by atoms with Gasteiger partial charge in [0.25, 0.3) is 0 Å². The smallest absolute Gasteiger partial charge is 0.475 e. The predicted octanol–water partition coefficient (Wildman–Crippen LogP) is 4.95. The number of carbonyl (C=O) groups is 2. The van der Waals surface area contributed by atoms with Gasteiger partial charge >= 0.3 is 24.3 Å². The van der Waals surface area contributed by atoms with Crippen LogP contribution < -0.4 is 10.6 Å². The first-order valence-corrected chi connectivity index (χ1v) is 12.8. The van der Waals surface area contributed by atoms with Crippen LogP contribution in [0.25, 0.3) is 28.1 Å². The first-order valence-electron chi connectivity index (χ1n) is 12.8. The van der Waals surface area contributed by atoms with Gasteiger partial charge in [-0.3, -0.25) is 0 Å². The second kappa shape index (κ2) is 14.6. The normalized spacial score (nSPS) is 15.1. The number of nitrogens with zero attached hydrogens (tertiary/aromatic N) is 3. The van der Waals surface area contributed by atoms with Gasteiger partial charge in [-0.05, 0) is 60.3 Å². The van der Waals surface area contributed by atoms with Crippen molar-refractivity contribution in [3.63, 3.8) is 0 Å². The number of aliphatic carboxylic acids is 2. The molecule has 2 aliphatic heterocycles. The molecule has 0 atom stereocenters. The highest BCUT2D eigenvalue weighted by Gasteiger charge is 2.38. The quantitative estimate of drug-likeness (QED) is 0.305. The zero-order valence-electron chi connectivity index (χ0n) is 22.4. The molecule has 1 aromatic heterocycles. The molecule has 0 fully saturated rings. The predicted molar refractivity (Wildman–Crippen MR) is 145 cm³/mol. The molecule has 0 unspecified atom stereocenters. The Morgan fingerprint density at radius 1 is 0.698 bits per heavy atom. The summed E-state index contributed by atoms with van der Waals surface area (Å²) in [6.45, 7) is 4.01. The highest BCUT2D eigenvalue weighted by atomic mass is 19.4. The molecule has 0 bridgehead atoms. The number of carboxylic acids is 2. The monoisotopic (exact) mass is 611 g/mol. The van der Waals surface area contributed by atoms with Gasteiger partial charge in [0.2, 0.25) is 0 Å². The van der Waals surface area contributed by atoms with Crippen molar-refractivity contribution in [2.45, 2.75) is 25.2 Å². The molecule has 3 aromatic rings. The number of carboxylic acid groups (broad SMARTS) is 2. The van der Waals surface area contributed by atoms with E-state index in [1.54, 1.807) is 0 Å². The second-order valence-corrected chi connectivity index (χ2v) is 9.15. The zero-order valence-corrected chi connectivity index (χ0v) is 22.4. The Hall–Kier alpha value is -4.50. The van der Waals surface area contributed by atoms with Crippen molar-refractivity contribution in [2.75, 3.05) is 26.2 Å². The second-order valence-electron chi connectivity index (χ2n) is 9.15. The van der Waals surface area contributed by atoms with Crippen molar-refractivity contribution >= 4 is 23.1 Å². The summed E-state index contributed by atoms with van der Waals surface area (Å²) in [4.78, 5) is 17.8. The lowest BCUT2D eigenvalue weighted by atomic mass is 9.99. The molecule has 230 valence electrons. The Morgan fingerprint density at radius 3 is 1.47 bits per heavy atom. The average molecular weight is 612 g/mol.